The Hall–Kier alpha value is -2.32. The third kappa shape index (κ3) is 2.92. The normalized spacial score (nSPS) is 10.2. The van der Waals surface area contributed by atoms with Crippen LogP contribution in [-0.4, -0.2) is 30.6 Å². The van der Waals surface area contributed by atoms with Crippen LogP contribution in [-0.2, 0) is 11.3 Å². The number of benzene rings is 1. The summed E-state index contributed by atoms with van der Waals surface area (Å²) in [5.41, 5.74) is 2.45. The molecule has 2 aromatic rings. The zero-order valence-electron chi connectivity index (χ0n) is 11.0. The van der Waals surface area contributed by atoms with Crippen LogP contribution >= 0.6 is 0 Å². The molecule has 1 heterocycles. The Balaban J connectivity index is 2.31. The minimum absolute atomic E-state index is 0.576. The van der Waals surface area contributed by atoms with Gasteiger partial charge in [0, 0.05) is 24.4 Å². The second-order valence-corrected chi connectivity index (χ2v) is 4.01. The fourth-order valence-corrected chi connectivity index (χ4v) is 1.81. The van der Waals surface area contributed by atoms with E-state index in [2.05, 4.69) is 11.2 Å². The van der Waals surface area contributed by atoms with Crippen molar-refractivity contribution in [3.05, 3.63) is 36.2 Å². The summed E-state index contributed by atoms with van der Waals surface area (Å²) in [4.78, 5) is 0. The lowest BCUT2D eigenvalue weighted by Gasteiger charge is -2.06. The van der Waals surface area contributed by atoms with Gasteiger partial charge in [-0.1, -0.05) is 0 Å². The SMILES string of the molecule is COCCn1cc(-c2ccc(C#N)cc2OC)cn1. The molecule has 0 unspecified atom stereocenters. The molecule has 1 aromatic heterocycles. The topological polar surface area (TPSA) is 60.1 Å². The fraction of sp³-hybridized carbons (Fsp3) is 0.286. The summed E-state index contributed by atoms with van der Waals surface area (Å²) in [6, 6.07) is 7.46. The molecule has 0 amide bonds. The number of nitrogens with zero attached hydrogens (tertiary/aromatic N) is 3. The van der Waals surface area contributed by atoms with Crippen LogP contribution in [0, 0.1) is 11.3 Å². The summed E-state index contributed by atoms with van der Waals surface area (Å²) >= 11 is 0. The maximum absolute atomic E-state index is 8.88. The summed E-state index contributed by atoms with van der Waals surface area (Å²) in [7, 11) is 3.25. The molecule has 0 saturated carbocycles. The Kier molecular flexibility index (Phi) is 4.16. The van der Waals surface area contributed by atoms with Gasteiger partial charge in [0.1, 0.15) is 5.75 Å². The lowest BCUT2D eigenvalue weighted by Crippen LogP contribution is -2.03. The molecule has 5 nitrogen and oxygen atoms in total. The van der Waals surface area contributed by atoms with E-state index in [4.69, 9.17) is 14.7 Å². The molecule has 0 aliphatic carbocycles. The van der Waals surface area contributed by atoms with E-state index < -0.39 is 0 Å². The molecule has 1 aromatic carbocycles. The van der Waals surface area contributed by atoms with Gasteiger partial charge in [-0.3, -0.25) is 4.68 Å². The molecule has 0 aliphatic rings. The van der Waals surface area contributed by atoms with E-state index in [0.29, 0.717) is 24.5 Å². The first-order valence-electron chi connectivity index (χ1n) is 5.88. The van der Waals surface area contributed by atoms with Crippen LogP contribution in [0.4, 0.5) is 0 Å². The lowest BCUT2D eigenvalue weighted by atomic mass is 10.1. The first-order valence-corrected chi connectivity index (χ1v) is 5.88. The van der Waals surface area contributed by atoms with Crippen molar-refractivity contribution in [1.29, 1.82) is 5.26 Å². The Morgan fingerprint density at radius 3 is 2.89 bits per heavy atom. The second-order valence-electron chi connectivity index (χ2n) is 4.01. The van der Waals surface area contributed by atoms with E-state index in [0.717, 1.165) is 11.1 Å². The molecule has 2 rings (SSSR count). The first-order chi connectivity index (χ1) is 9.28. The minimum Gasteiger partial charge on any atom is -0.496 e. The van der Waals surface area contributed by atoms with Crippen molar-refractivity contribution in [1.82, 2.24) is 9.78 Å². The molecular formula is C14H15N3O2. The summed E-state index contributed by atoms with van der Waals surface area (Å²) in [5, 5.41) is 13.1. The van der Waals surface area contributed by atoms with Crippen LogP contribution in [0.15, 0.2) is 30.6 Å². The molecule has 0 spiro atoms. The van der Waals surface area contributed by atoms with Crippen molar-refractivity contribution < 1.29 is 9.47 Å². The molecule has 0 fully saturated rings. The molecular weight excluding hydrogens is 242 g/mol. The van der Waals surface area contributed by atoms with E-state index in [1.54, 1.807) is 32.5 Å². The largest absolute Gasteiger partial charge is 0.496 e. The molecule has 19 heavy (non-hydrogen) atoms. The zero-order chi connectivity index (χ0) is 13.7. The van der Waals surface area contributed by atoms with Gasteiger partial charge in [-0.2, -0.15) is 10.4 Å². The van der Waals surface area contributed by atoms with Crippen LogP contribution in [0.25, 0.3) is 11.1 Å². The number of aromatic nitrogens is 2. The number of hydrogen-bond donors (Lipinski definition) is 0. The molecule has 98 valence electrons. The number of nitriles is 1. The Bertz CT molecular complexity index is 599. The van der Waals surface area contributed by atoms with E-state index in [-0.39, 0.29) is 0 Å². The van der Waals surface area contributed by atoms with Crippen molar-refractivity contribution >= 4 is 0 Å². The van der Waals surface area contributed by atoms with Gasteiger partial charge in [-0.25, -0.2) is 0 Å². The van der Waals surface area contributed by atoms with Crippen molar-refractivity contribution in [2.45, 2.75) is 6.54 Å². The maximum atomic E-state index is 8.88. The summed E-state index contributed by atoms with van der Waals surface area (Å²) < 4.78 is 12.2. The average Bonchev–Trinajstić information content (AvgIpc) is 2.92. The lowest BCUT2D eigenvalue weighted by molar-refractivity contribution is 0.183. The van der Waals surface area contributed by atoms with E-state index in [9.17, 15) is 0 Å². The molecule has 0 atom stereocenters. The summed E-state index contributed by atoms with van der Waals surface area (Å²) in [6.07, 6.45) is 3.71. The molecule has 0 saturated heterocycles. The highest BCUT2D eigenvalue weighted by atomic mass is 16.5. The maximum Gasteiger partial charge on any atom is 0.128 e. The highest BCUT2D eigenvalue weighted by Gasteiger charge is 2.09. The highest BCUT2D eigenvalue weighted by molar-refractivity contribution is 5.70. The Labute approximate surface area is 112 Å². The van der Waals surface area contributed by atoms with Gasteiger partial charge in [0.2, 0.25) is 0 Å². The van der Waals surface area contributed by atoms with Gasteiger partial charge in [-0.05, 0) is 18.2 Å². The van der Waals surface area contributed by atoms with E-state index in [1.165, 1.54) is 0 Å². The minimum atomic E-state index is 0.576. The smallest absolute Gasteiger partial charge is 0.128 e. The quantitative estimate of drug-likeness (QED) is 0.822. The van der Waals surface area contributed by atoms with Gasteiger partial charge in [-0.15, -0.1) is 0 Å². The van der Waals surface area contributed by atoms with Gasteiger partial charge >= 0.3 is 0 Å². The zero-order valence-corrected chi connectivity index (χ0v) is 11.0. The number of methoxy groups -OCH3 is 2. The first kappa shape index (κ1) is 13.1. The van der Waals surface area contributed by atoms with Crippen LogP contribution in [0.1, 0.15) is 5.56 Å². The number of hydrogen-bond acceptors (Lipinski definition) is 4. The van der Waals surface area contributed by atoms with Gasteiger partial charge in [0.25, 0.3) is 0 Å². The van der Waals surface area contributed by atoms with Crippen LogP contribution in [0.5, 0.6) is 5.75 Å². The van der Waals surface area contributed by atoms with Crippen LogP contribution < -0.4 is 4.74 Å². The predicted octanol–water partition coefficient (Wildman–Crippen LogP) is 2.08. The highest BCUT2D eigenvalue weighted by Crippen LogP contribution is 2.30. The van der Waals surface area contributed by atoms with Gasteiger partial charge in [0.05, 0.1) is 38.1 Å². The van der Waals surface area contributed by atoms with Gasteiger partial charge in [0.15, 0.2) is 0 Å². The summed E-state index contributed by atoms with van der Waals surface area (Å²) in [5.74, 6) is 0.672. The molecule has 0 bridgehead atoms. The molecule has 5 heteroatoms. The average molecular weight is 257 g/mol. The van der Waals surface area contributed by atoms with Crippen molar-refractivity contribution in [2.75, 3.05) is 20.8 Å². The third-order valence-electron chi connectivity index (χ3n) is 2.80. The van der Waals surface area contributed by atoms with E-state index >= 15 is 0 Å². The standard InChI is InChI=1S/C14H15N3O2/c1-18-6-5-17-10-12(9-16-17)13-4-3-11(8-15)7-14(13)19-2/h3-4,7,9-10H,5-6H2,1-2H3. The van der Waals surface area contributed by atoms with Crippen molar-refractivity contribution in [3.63, 3.8) is 0 Å². The Morgan fingerprint density at radius 1 is 1.37 bits per heavy atom. The van der Waals surface area contributed by atoms with E-state index in [1.807, 2.05) is 16.9 Å². The van der Waals surface area contributed by atoms with Crippen LogP contribution in [0.2, 0.25) is 0 Å². The molecule has 0 aliphatic heterocycles. The predicted molar refractivity (Wildman–Crippen MR) is 70.8 cm³/mol. The van der Waals surface area contributed by atoms with Crippen LogP contribution in [0.3, 0.4) is 0 Å². The summed E-state index contributed by atoms with van der Waals surface area (Å²) in [6.45, 7) is 1.32. The van der Waals surface area contributed by atoms with Gasteiger partial charge < -0.3 is 9.47 Å². The number of rotatable bonds is 5. The number of ether oxygens (including phenoxy) is 2. The second kappa shape index (κ2) is 6.03. The monoisotopic (exact) mass is 257 g/mol. The van der Waals surface area contributed by atoms with Crippen molar-refractivity contribution in [3.8, 4) is 22.9 Å². The molecule has 0 N–H and O–H groups in total. The third-order valence-corrected chi connectivity index (χ3v) is 2.80. The molecule has 0 radical (unpaired) electrons. The Morgan fingerprint density at radius 2 is 2.21 bits per heavy atom. The fourth-order valence-electron chi connectivity index (χ4n) is 1.81. The van der Waals surface area contributed by atoms with Crippen molar-refractivity contribution in [2.24, 2.45) is 0 Å².